The maximum Gasteiger partial charge on any atom is 0.263 e. The molecule has 0 saturated carbocycles. The molecular formula is C18H27NO3. The maximum atomic E-state index is 12.7. The minimum absolute atomic E-state index is 0.0141. The summed E-state index contributed by atoms with van der Waals surface area (Å²) >= 11 is 0. The molecular weight excluding hydrogens is 278 g/mol. The van der Waals surface area contributed by atoms with E-state index in [1.54, 1.807) is 4.90 Å². The fraction of sp³-hybridized carbons (Fsp3) is 0.611. The molecule has 2 rings (SSSR count). The van der Waals surface area contributed by atoms with Gasteiger partial charge in [-0.05, 0) is 36.8 Å². The van der Waals surface area contributed by atoms with E-state index in [9.17, 15) is 9.90 Å². The van der Waals surface area contributed by atoms with Gasteiger partial charge in [0, 0.05) is 13.1 Å². The van der Waals surface area contributed by atoms with Gasteiger partial charge in [-0.2, -0.15) is 0 Å². The van der Waals surface area contributed by atoms with Gasteiger partial charge in [0.25, 0.3) is 5.91 Å². The summed E-state index contributed by atoms with van der Waals surface area (Å²) in [6, 6.07) is 7.90. The molecule has 4 nitrogen and oxygen atoms in total. The number of aliphatic hydroxyl groups is 1. The van der Waals surface area contributed by atoms with E-state index in [2.05, 4.69) is 13.8 Å². The number of nitrogens with zero attached hydrogens (tertiary/aromatic N) is 1. The highest BCUT2D eigenvalue weighted by Gasteiger charge is 2.29. The van der Waals surface area contributed by atoms with Crippen molar-refractivity contribution in [1.82, 2.24) is 4.90 Å². The van der Waals surface area contributed by atoms with E-state index < -0.39 is 12.2 Å². The van der Waals surface area contributed by atoms with Crippen LogP contribution in [0.2, 0.25) is 0 Å². The molecule has 122 valence electrons. The van der Waals surface area contributed by atoms with Crippen molar-refractivity contribution in [3.05, 3.63) is 29.8 Å². The average Bonchev–Trinajstić information content (AvgIpc) is 2.52. The molecule has 0 aliphatic carbocycles. The van der Waals surface area contributed by atoms with Gasteiger partial charge in [-0.3, -0.25) is 4.79 Å². The van der Waals surface area contributed by atoms with Gasteiger partial charge < -0.3 is 14.7 Å². The van der Waals surface area contributed by atoms with Gasteiger partial charge in [0.15, 0.2) is 6.10 Å². The highest BCUT2D eigenvalue weighted by atomic mass is 16.5. The van der Waals surface area contributed by atoms with Crippen LogP contribution < -0.4 is 4.74 Å². The van der Waals surface area contributed by atoms with Crippen molar-refractivity contribution in [1.29, 1.82) is 0 Å². The highest BCUT2D eigenvalue weighted by molar-refractivity contribution is 5.81. The fourth-order valence-electron chi connectivity index (χ4n) is 2.88. The van der Waals surface area contributed by atoms with Crippen LogP contribution in [0.3, 0.4) is 0 Å². The molecule has 2 atom stereocenters. The summed E-state index contributed by atoms with van der Waals surface area (Å²) in [5, 5.41) is 9.75. The number of β-amino-alcohol motifs (C(OH)–C–C–N with tert-alkyl or cyclic N) is 1. The van der Waals surface area contributed by atoms with Crippen LogP contribution in [0.1, 0.15) is 51.5 Å². The number of hydrogen-bond donors (Lipinski definition) is 1. The quantitative estimate of drug-likeness (QED) is 0.910. The van der Waals surface area contributed by atoms with Crippen LogP contribution in [-0.4, -0.2) is 41.2 Å². The predicted molar refractivity (Wildman–Crippen MR) is 87.1 cm³/mol. The lowest BCUT2D eigenvalue weighted by atomic mass is 10.0. The molecule has 0 aromatic heterocycles. The first-order valence-corrected chi connectivity index (χ1v) is 8.25. The molecule has 1 aliphatic rings. The van der Waals surface area contributed by atoms with Gasteiger partial charge in [0.1, 0.15) is 5.75 Å². The van der Waals surface area contributed by atoms with E-state index >= 15 is 0 Å². The fourth-order valence-corrected chi connectivity index (χ4v) is 2.88. The Bertz CT molecular complexity index is 501. The standard InChI is InChI=1S/C18H27NO3/c1-4-16(18(21)19-11-7-8-14(20)12-19)22-17-10-6-5-9-15(17)13(2)3/h5-6,9-10,13-14,16,20H,4,7-8,11-12H2,1-3H3. The van der Waals surface area contributed by atoms with E-state index in [1.807, 2.05) is 31.2 Å². The van der Waals surface area contributed by atoms with E-state index in [-0.39, 0.29) is 5.91 Å². The first-order chi connectivity index (χ1) is 10.5. The summed E-state index contributed by atoms with van der Waals surface area (Å²) in [7, 11) is 0. The van der Waals surface area contributed by atoms with Crippen molar-refractivity contribution in [3.8, 4) is 5.75 Å². The van der Waals surface area contributed by atoms with Crippen LogP contribution in [0.25, 0.3) is 0 Å². The molecule has 1 saturated heterocycles. The average molecular weight is 305 g/mol. The third-order valence-electron chi connectivity index (χ3n) is 4.16. The Morgan fingerprint density at radius 3 is 2.77 bits per heavy atom. The van der Waals surface area contributed by atoms with Crippen molar-refractivity contribution in [3.63, 3.8) is 0 Å². The Morgan fingerprint density at radius 2 is 2.14 bits per heavy atom. The number of carbonyl (C=O) groups excluding carboxylic acids is 1. The van der Waals surface area contributed by atoms with Gasteiger partial charge in [-0.15, -0.1) is 0 Å². The number of rotatable bonds is 5. The number of likely N-dealkylation sites (tertiary alicyclic amines) is 1. The van der Waals surface area contributed by atoms with Gasteiger partial charge in [-0.25, -0.2) is 0 Å². The van der Waals surface area contributed by atoms with Crippen LogP contribution in [0.5, 0.6) is 5.75 Å². The maximum absolute atomic E-state index is 12.7. The Hall–Kier alpha value is -1.55. The summed E-state index contributed by atoms with van der Waals surface area (Å²) in [6.07, 6.45) is 1.37. The molecule has 1 heterocycles. The van der Waals surface area contributed by atoms with Crippen LogP contribution in [-0.2, 0) is 4.79 Å². The van der Waals surface area contributed by atoms with Crippen molar-refractivity contribution in [2.45, 2.75) is 58.2 Å². The summed E-state index contributed by atoms with van der Waals surface area (Å²) in [6.45, 7) is 7.32. The molecule has 1 aromatic carbocycles. The number of benzene rings is 1. The molecule has 1 aromatic rings. The molecule has 2 unspecified atom stereocenters. The predicted octanol–water partition coefficient (Wildman–Crippen LogP) is 2.95. The Morgan fingerprint density at radius 1 is 1.41 bits per heavy atom. The summed E-state index contributed by atoms with van der Waals surface area (Å²) in [5.74, 6) is 1.12. The molecule has 1 fully saturated rings. The zero-order valence-corrected chi connectivity index (χ0v) is 13.8. The Kier molecular flexibility index (Phi) is 5.83. The molecule has 4 heteroatoms. The van der Waals surface area contributed by atoms with Crippen molar-refractivity contribution >= 4 is 5.91 Å². The Balaban J connectivity index is 2.10. The van der Waals surface area contributed by atoms with Crippen molar-refractivity contribution < 1.29 is 14.6 Å². The number of aliphatic hydroxyl groups excluding tert-OH is 1. The number of ether oxygens (including phenoxy) is 1. The molecule has 0 bridgehead atoms. The lowest BCUT2D eigenvalue weighted by Crippen LogP contribution is -2.48. The number of hydrogen-bond acceptors (Lipinski definition) is 3. The summed E-state index contributed by atoms with van der Waals surface area (Å²) in [4.78, 5) is 14.4. The molecule has 1 N–H and O–H groups in total. The van der Waals surface area contributed by atoms with E-state index in [4.69, 9.17) is 4.74 Å². The van der Waals surface area contributed by atoms with Crippen LogP contribution in [0.4, 0.5) is 0 Å². The lowest BCUT2D eigenvalue weighted by Gasteiger charge is -2.33. The first kappa shape index (κ1) is 16.8. The minimum Gasteiger partial charge on any atom is -0.480 e. The number of carbonyl (C=O) groups is 1. The minimum atomic E-state index is -0.481. The van der Waals surface area contributed by atoms with Crippen LogP contribution in [0.15, 0.2) is 24.3 Å². The number of amides is 1. The monoisotopic (exact) mass is 305 g/mol. The van der Waals surface area contributed by atoms with Gasteiger partial charge in [0.05, 0.1) is 6.10 Å². The molecule has 1 amide bonds. The number of piperidine rings is 1. The largest absolute Gasteiger partial charge is 0.480 e. The van der Waals surface area contributed by atoms with Gasteiger partial charge >= 0.3 is 0 Å². The third-order valence-corrected chi connectivity index (χ3v) is 4.16. The normalized spacial score (nSPS) is 20.0. The lowest BCUT2D eigenvalue weighted by molar-refractivity contribution is -0.142. The first-order valence-electron chi connectivity index (χ1n) is 8.25. The molecule has 1 aliphatic heterocycles. The highest BCUT2D eigenvalue weighted by Crippen LogP contribution is 2.27. The second-order valence-corrected chi connectivity index (χ2v) is 6.29. The van der Waals surface area contributed by atoms with E-state index in [0.717, 1.165) is 24.2 Å². The zero-order valence-electron chi connectivity index (χ0n) is 13.8. The van der Waals surface area contributed by atoms with Crippen molar-refractivity contribution in [2.24, 2.45) is 0 Å². The molecule has 22 heavy (non-hydrogen) atoms. The van der Waals surface area contributed by atoms with Crippen molar-refractivity contribution in [2.75, 3.05) is 13.1 Å². The Labute approximate surface area is 133 Å². The van der Waals surface area contributed by atoms with E-state index in [1.165, 1.54) is 0 Å². The third kappa shape index (κ3) is 4.01. The number of para-hydroxylation sites is 1. The zero-order chi connectivity index (χ0) is 16.1. The topological polar surface area (TPSA) is 49.8 Å². The summed E-state index contributed by atoms with van der Waals surface area (Å²) in [5.41, 5.74) is 1.12. The van der Waals surface area contributed by atoms with E-state index in [0.29, 0.717) is 25.4 Å². The summed E-state index contributed by atoms with van der Waals surface area (Å²) < 4.78 is 6.03. The van der Waals surface area contributed by atoms with Crippen LogP contribution >= 0.6 is 0 Å². The second kappa shape index (κ2) is 7.63. The van der Waals surface area contributed by atoms with Crippen LogP contribution in [0, 0.1) is 0 Å². The van der Waals surface area contributed by atoms with Gasteiger partial charge in [0.2, 0.25) is 0 Å². The smallest absolute Gasteiger partial charge is 0.263 e. The SMILES string of the molecule is CCC(Oc1ccccc1C(C)C)C(=O)N1CCCC(O)C1. The van der Waals surface area contributed by atoms with Gasteiger partial charge in [-0.1, -0.05) is 39.0 Å². The molecule has 0 spiro atoms. The second-order valence-electron chi connectivity index (χ2n) is 6.29. The molecule has 0 radical (unpaired) electrons.